The number of hydrogen-bond acceptors (Lipinski definition) is 5. The minimum atomic E-state index is 0.429. The minimum Gasteiger partial charge on any atom is -0.384 e. The number of nitrogens with one attached hydrogen (secondary N) is 1. The van der Waals surface area contributed by atoms with Crippen molar-refractivity contribution < 1.29 is 0 Å². The van der Waals surface area contributed by atoms with Gasteiger partial charge < -0.3 is 5.73 Å². The van der Waals surface area contributed by atoms with Crippen LogP contribution in [0.4, 0.5) is 5.82 Å². The number of nitrogens with zero attached hydrogens (tertiary/aromatic N) is 5. The number of nitrogen functional groups attached to an aromatic ring is 1. The predicted molar refractivity (Wildman–Crippen MR) is 112 cm³/mol. The summed E-state index contributed by atoms with van der Waals surface area (Å²) in [4.78, 5) is 4.18. The van der Waals surface area contributed by atoms with Gasteiger partial charge in [0.1, 0.15) is 11.3 Å². The zero-order chi connectivity index (χ0) is 19.6. The molecule has 5 rings (SSSR count). The highest BCUT2D eigenvalue weighted by molar-refractivity contribution is 5.76. The molecule has 0 saturated heterocycles. The van der Waals surface area contributed by atoms with Gasteiger partial charge in [0.05, 0.1) is 12.2 Å². The van der Waals surface area contributed by atoms with Gasteiger partial charge in [0, 0.05) is 12.6 Å². The van der Waals surface area contributed by atoms with Gasteiger partial charge in [-0.3, -0.25) is 4.68 Å². The first kappa shape index (κ1) is 17.1. The fourth-order valence-corrected chi connectivity index (χ4v) is 3.50. The average molecular weight is 381 g/mol. The third kappa shape index (κ3) is 3.58. The molecule has 0 aliphatic heterocycles. The Morgan fingerprint density at radius 3 is 2.66 bits per heavy atom. The Morgan fingerprint density at radius 1 is 0.897 bits per heavy atom. The molecule has 0 fully saturated rings. The summed E-state index contributed by atoms with van der Waals surface area (Å²) in [6.45, 7) is 0.707. The van der Waals surface area contributed by atoms with Gasteiger partial charge in [-0.1, -0.05) is 48.5 Å². The van der Waals surface area contributed by atoms with Gasteiger partial charge in [-0.05, 0) is 40.5 Å². The molecule has 3 aromatic heterocycles. The number of fused-ring (bicyclic) bond motifs is 1. The number of benzene rings is 2. The Labute approximate surface area is 167 Å². The zero-order valence-corrected chi connectivity index (χ0v) is 15.7. The minimum absolute atomic E-state index is 0.429. The lowest BCUT2D eigenvalue weighted by Gasteiger charge is -2.06. The van der Waals surface area contributed by atoms with Crippen molar-refractivity contribution in [2.24, 2.45) is 0 Å². The Balaban J connectivity index is 1.36. The number of rotatable bonds is 5. The first-order chi connectivity index (χ1) is 14.2. The number of nitrogens with two attached hydrogens (primary N) is 1. The van der Waals surface area contributed by atoms with E-state index in [4.69, 9.17) is 10.8 Å². The highest BCUT2D eigenvalue weighted by Gasteiger charge is 2.11. The van der Waals surface area contributed by atoms with Crippen LogP contribution in [0, 0.1) is 0 Å². The van der Waals surface area contributed by atoms with Crippen LogP contribution in [-0.2, 0) is 13.0 Å². The highest BCUT2D eigenvalue weighted by atomic mass is 15.3. The molecule has 29 heavy (non-hydrogen) atoms. The molecule has 0 radical (unpaired) electrons. The Bertz CT molecular complexity index is 1270. The van der Waals surface area contributed by atoms with Crippen molar-refractivity contribution >= 4 is 17.0 Å². The van der Waals surface area contributed by atoms with E-state index in [9.17, 15) is 0 Å². The van der Waals surface area contributed by atoms with Crippen LogP contribution in [0.1, 0.15) is 16.8 Å². The van der Waals surface area contributed by atoms with Crippen LogP contribution in [-0.4, -0.2) is 30.2 Å². The number of aromatic nitrogens is 6. The van der Waals surface area contributed by atoms with Crippen LogP contribution in [0.25, 0.3) is 22.3 Å². The molecule has 0 spiro atoms. The topological polar surface area (TPSA) is 98.3 Å². The van der Waals surface area contributed by atoms with Gasteiger partial charge in [0.15, 0.2) is 0 Å². The second-order valence-corrected chi connectivity index (χ2v) is 6.95. The van der Waals surface area contributed by atoms with Gasteiger partial charge in [0.25, 0.3) is 0 Å². The van der Waals surface area contributed by atoms with E-state index in [-0.39, 0.29) is 0 Å². The van der Waals surface area contributed by atoms with E-state index >= 15 is 0 Å². The number of H-pyrrole nitrogens is 1. The number of aromatic amines is 1. The Hall–Kier alpha value is -4.00. The molecule has 0 bridgehead atoms. The van der Waals surface area contributed by atoms with E-state index in [2.05, 4.69) is 68.9 Å². The van der Waals surface area contributed by atoms with Crippen LogP contribution >= 0.6 is 0 Å². The lowest BCUT2D eigenvalue weighted by molar-refractivity contribution is 0.675. The molecule has 0 atom stereocenters. The van der Waals surface area contributed by atoms with Crippen LogP contribution < -0.4 is 5.73 Å². The van der Waals surface area contributed by atoms with Crippen molar-refractivity contribution in [1.82, 2.24) is 30.2 Å². The van der Waals surface area contributed by atoms with Crippen LogP contribution in [0.3, 0.4) is 0 Å². The Morgan fingerprint density at radius 2 is 1.76 bits per heavy atom. The van der Waals surface area contributed by atoms with Gasteiger partial charge in [0.2, 0.25) is 5.65 Å². The van der Waals surface area contributed by atoms with Crippen LogP contribution in [0.5, 0.6) is 0 Å². The highest BCUT2D eigenvalue weighted by Crippen LogP contribution is 2.21. The maximum atomic E-state index is 5.89. The molecule has 0 aliphatic rings. The third-order valence-electron chi connectivity index (χ3n) is 4.84. The van der Waals surface area contributed by atoms with E-state index in [1.165, 1.54) is 16.7 Å². The molecule has 0 amide bonds. The maximum Gasteiger partial charge on any atom is 0.203 e. The smallest absolute Gasteiger partial charge is 0.203 e. The largest absolute Gasteiger partial charge is 0.384 e. The molecule has 0 saturated carbocycles. The van der Waals surface area contributed by atoms with E-state index in [1.54, 1.807) is 0 Å². The van der Waals surface area contributed by atoms with Crippen LogP contribution in [0.2, 0.25) is 0 Å². The van der Waals surface area contributed by atoms with Crippen molar-refractivity contribution in [1.29, 1.82) is 0 Å². The molecular formula is C22H19N7. The number of hydrogen-bond donors (Lipinski definition) is 2. The summed E-state index contributed by atoms with van der Waals surface area (Å²) in [5.41, 5.74) is 12.7. The molecule has 7 nitrogen and oxygen atoms in total. The molecule has 142 valence electrons. The summed E-state index contributed by atoms with van der Waals surface area (Å²) in [6, 6.07) is 22.8. The van der Waals surface area contributed by atoms with Crippen molar-refractivity contribution in [3.63, 3.8) is 0 Å². The summed E-state index contributed by atoms with van der Waals surface area (Å²) >= 11 is 0. The standard InChI is InChI=1S/C22H19N7/c23-20-13-18(21-22(24-20)26-28-25-21)12-19-9-10-29(27-19)14-15-5-4-8-17(11-15)16-6-2-1-3-7-16/h1-11,13H,12,14H2,(H3,23,24,25,26,28). The average Bonchev–Trinajstić information content (AvgIpc) is 3.38. The molecule has 0 unspecified atom stereocenters. The summed E-state index contributed by atoms with van der Waals surface area (Å²) < 4.78 is 1.95. The lowest BCUT2D eigenvalue weighted by atomic mass is 10.0. The summed E-state index contributed by atoms with van der Waals surface area (Å²) in [5.74, 6) is 0.429. The summed E-state index contributed by atoms with van der Waals surface area (Å²) in [7, 11) is 0. The van der Waals surface area contributed by atoms with E-state index in [1.807, 2.05) is 29.1 Å². The first-order valence-corrected chi connectivity index (χ1v) is 9.37. The second-order valence-electron chi connectivity index (χ2n) is 6.95. The van der Waals surface area contributed by atoms with E-state index in [0.717, 1.165) is 16.8 Å². The number of anilines is 1. The second kappa shape index (κ2) is 7.20. The van der Waals surface area contributed by atoms with Gasteiger partial charge in [-0.15, -0.1) is 5.10 Å². The maximum absolute atomic E-state index is 5.89. The monoisotopic (exact) mass is 381 g/mol. The molecular weight excluding hydrogens is 362 g/mol. The van der Waals surface area contributed by atoms with Gasteiger partial charge >= 0.3 is 0 Å². The molecule has 0 aliphatic carbocycles. The molecule has 2 aromatic carbocycles. The van der Waals surface area contributed by atoms with Gasteiger partial charge in [-0.25, -0.2) is 4.98 Å². The van der Waals surface area contributed by atoms with Crippen molar-refractivity contribution in [3.05, 3.63) is 89.7 Å². The van der Waals surface area contributed by atoms with Crippen molar-refractivity contribution in [2.45, 2.75) is 13.0 Å². The predicted octanol–water partition coefficient (Wildman–Crippen LogP) is 3.44. The molecule has 3 N–H and O–H groups in total. The lowest BCUT2D eigenvalue weighted by Crippen LogP contribution is -2.02. The van der Waals surface area contributed by atoms with Crippen LogP contribution in [0.15, 0.2) is 72.9 Å². The van der Waals surface area contributed by atoms with E-state index < -0.39 is 0 Å². The quantitative estimate of drug-likeness (QED) is 0.486. The SMILES string of the molecule is Nc1cc(Cc2ccn(Cc3cccc(-c4ccccc4)c3)n2)c2n[nH]nc2n1. The Kier molecular flexibility index (Phi) is 4.25. The molecule has 3 heterocycles. The van der Waals surface area contributed by atoms with Gasteiger partial charge in [-0.2, -0.15) is 15.4 Å². The van der Waals surface area contributed by atoms with Crippen molar-refractivity contribution in [2.75, 3.05) is 5.73 Å². The third-order valence-corrected chi connectivity index (χ3v) is 4.84. The number of pyridine rings is 1. The molecule has 5 aromatic rings. The summed E-state index contributed by atoms with van der Waals surface area (Å²) in [6.07, 6.45) is 2.61. The first-order valence-electron chi connectivity index (χ1n) is 9.37. The summed E-state index contributed by atoms with van der Waals surface area (Å²) in [5, 5.41) is 15.5. The zero-order valence-electron chi connectivity index (χ0n) is 15.7. The fourth-order valence-electron chi connectivity index (χ4n) is 3.50. The fraction of sp³-hybridized carbons (Fsp3) is 0.0909. The van der Waals surface area contributed by atoms with Crippen molar-refractivity contribution in [3.8, 4) is 11.1 Å². The molecule has 7 heteroatoms. The van der Waals surface area contributed by atoms with E-state index in [0.29, 0.717) is 24.4 Å². The normalized spacial score (nSPS) is 11.2.